The normalized spacial score (nSPS) is 32.5. The number of benzene rings is 1. The first-order valence-electron chi connectivity index (χ1n) is 12.5. The summed E-state index contributed by atoms with van der Waals surface area (Å²) in [7, 11) is 0. The summed E-state index contributed by atoms with van der Waals surface area (Å²) >= 11 is 0. The number of carbonyl (C=O) groups is 1. The van der Waals surface area contributed by atoms with Crippen LogP contribution in [-0.2, 0) is 29.7 Å². The Kier molecular flexibility index (Phi) is 5.71. The van der Waals surface area contributed by atoms with Gasteiger partial charge in [-0.3, -0.25) is 4.79 Å². The van der Waals surface area contributed by atoms with Crippen LogP contribution < -0.4 is 0 Å². The zero-order valence-corrected chi connectivity index (χ0v) is 20.1. The van der Waals surface area contributed by atoms with E-state index in [1.54, 1.807) is 0 Å². The van der Waals surface area contributed by atoms with Crippen molar-refractivity contribution >= 4 is 5.78 Å². The Hall–Kier alpha value is -1.15. The average molecular weight is 411 g/mol. The standard InChI is InChI=1S/C28H42O2/c1-17(2)18(3)11-12-19(4)24-16-26(29)28(30)25-15-21-9-7-8-10-22(21)20(5)23(25)13-14-27(24,28)6/h15,17-19,24,30H,7-14,16H2,1-6H3. The molecule has 3 aliphatic rings. The maximum atomic E-state index is 13.5. The number of hydrogen-bond donors (Lipinski definition) is 1. The lowest BCUT2D eigenvalue weighted by atomic mass is 9.57. The summed E-state index contributed by atoms with van der Waals surface area (Å²) in [5.74, 6) is 2.23. The first kappa shape index (κ1) is 22.1. The smallest absolute Gasteiger partial charge is 0.169 e. The van der Waals surface area contributed by atoms with E-state index in [1.807, 2.05) is 0 Å². The van der Waals surface area contributed by atoms with Gasteiger partial charge in [-0.25, -0.2) is 0 Å². The van der Waals surface area contributed by atoms with Gasteiger partial charge in [0.1, 0.15) is 0 Å². The summed E-state index contributed by atoms with van der Waals surface area (Å²) in [4.78, 5) is 13.5. The average Bonchev–Trinajstić information content (AvgIpc) is 2.93. The van der Waals surface area contributed by atoms with Crippen molar-refractivity contribution in [2.24, 2.45) is 29.1 Å². The van der Waals surface area contributed by atoms with Crippen LogP contribution in [0, 0.1) is 36.0 Å². The van der Waals surface area contributed by atoms with Crippen LogP contribution in [0.4, 0.5) is 0 Å². The van der Waals surface area contributed by atoms with Crippen LogP contribution in [0.15, 0.2) is 6.07 Å². The predicted octanol–water partition coefficient (Wildman–Crippen LogP) is 6.31. The van der Waals surface area contributed by atoms with Gasteiger partial charge in [0.15, 0.2) is 11.4 Å². The lowest BCUT2D eigenvalue weighted by Crippen LogP contribution is -2.51. The molecule has 0 aliphatic heterocycles. The highest BCUT2D eigenvalue weighted by Gasteiger charge is 2.65. The Morgan fingerprint density at radius 3 is 2.47 bits per heavy atom. The molecular formula is C28H42O2. The van der Waals surface area contributed by atoms with Crippen LogP contribution in [0.5, 0.6) is 0 Å². The Balaban J connectivity index is 1.69. The Labute approximate surface area is 183 Å². The number of aryl methyl sites for hydroxylation is 1. The van der Waals surface area contributed by atoms with Crippen LogP contribution in [0.1, 0.15) is 101 Å². The Morgan fingerprint density at radius 1 is 1.07 bits per heavy atom. The minimum Gasteiger partial charge on any atom is -0.377 e. The molecule has 5 atom stereocenters. The van der Waals surface area contributed by atoms with Gasteiger partial charge in [0.2, 0.25) is 0 Å². The molecule has 1 N–H and O–H groups in total. The van der Waals surface area contributed by atoms with Crippen LogP contribution in [0.2, 0.25) is 0 Å². The second-order valence-corrected chi connectivity index (χ2v) is 11.5. The third kappa shape index (κ3) is 3.12. The van der Waals surface area contributed by atoms with Crippen molar-refractivity contribution in [3.8, 4) is 0 Å². The molecule has 1 aromatic rings. The van der Waals surface area contributed by atoms with Crippen LogP contribution in [-0.4, -0.2) is 10.9 Å². The topological polar surface area (TPSA) is 37.3 Å². The molecule has 2 nitrogen and oxygen atoms in total. The van der Waals surface area contributed by atoms with Gasteiger partial charge in [0.05, 0.1) is 0 Å². The summed E-state index contributed by atoms with van der Waals surface area (Å²) < 4.78 is 0. The van der Waals surface area contributed by atoms with Crippen LogP contribution in [0.3, 0.4) is 0 Å². The third-order valence-corrected chi connectivity index (χ3v) is 9.70. The highest BCUT2D eigenvalue weighted by molar-refractivity contribution is 5.93. The van der Waals surface area contributed by atoms with Crippen molar-refractivity contribution in [3.05, 3.63) is 33.9 Å². The third-order valence-electron chi connectivity index (χ3n) is 9.70. The number of aliphatic hydroxyl groups is 1. The van der Waals surface area contributed by atoms with Gasteiger partial charge in [-0.05, 0) is 96.9 Å². The molecule has 30 heavy (non-hydrogen) atoms. The van der Waals surface area contributed by atoms with E-state index in [0.717, 1.165) is 37.7 Å². The SMILES string of the molecule is Cc1c2c(cc3c1CCC1(C)C(C(C)CCC(C)C(C)C)CC(=O)C31O)CCCC2. The van der Waals surface area contributed by atoms with Crippen LogP contribution in [0.25, 0.3) is 0 Å². The van der Waals surface area contributed by atoms with Crippen molar-refractivity contribution in [2.75, 3.05) is 0 Å². The van der Waals surface area contributed by atoms with E-state index < -0.39 is 5.60 Å². The number of rotatable bonds is 5. The molecule has 0 amide bonds. The van der Waals surface area contributed by atoms with Gasteiger partial charge in [0, 0.05) is 11.8 Å². The molecule has 166 valence electrons. The molecule has 5 unspecified atom stereocenters. The summed E-state index contributed by atoms with van der Waals surface area (Å²) in [6.45, 7) is 13.7. The first-order chi connectivity index (χ1) is 14.1. The summed E-state index contributed by atoms with van der Waals surface area (Å²) in [5, 5.41) is 12.2. The molecule has 0 spiro atoms. The molecule has 4 rings (SSSR count). The molecule has 3 aliphatic carbocycles. The van der Waals surface area contributed by atoms with Crippen molar-refractivity contribution in [1.29, 1.82) is 0 Å². The lowest BCUT2D eigenvalue weighted by Gasteiger charge is -2.49. The molecule has 1 aromatic carbocycles. The maximum Gasteiger partial charge on any atom is 0.169 e. The molecule has 0 radical (unpaired) electrons. The number of hydrogen-bond acceptors (Lipinski definition) is 2. The number of ketones is 1. The highest BCUT2D eigenvalue weighted by atomic mass is 16.3. The molecule has 2 heteroatoms. The zero-order chi connectivity index (χ0) is 21.8. The Bertz CT molecular complexity index is 838. The first-order valence-corrected chi connectivity index (χ1v) is 12.5. The van der Waals surface area contributed by atoms with E-state index in [-0.39, 0.29) is 17.1 Å². The summed E-state index contributed by atoms with van der Waals surface area (Å²) in [6, 6.07) is 2.25. The number of fused-ring (bicyclic) bond motifs is 4. The van der Waals surface area contributed by atoms with E-state index in [0.29, 0.717) is 24.2 Å². The van der Waals surface area contributed by atoms with Gasteiger partial charge in [-0.1, -0.05) is 53.5 Å². The van der Waals surface area contributed by atoms with Gasteiger partial charge in [-0.15, -0.1) is 0 Å². The van der Waals surface area contributed by atoms with Gasteiger partial charge in [-0.2, -0.15) is 0 Å². The quantitative estimate of drug-likeness (QED) is 0.617. The van der Waals surface area contributed by atoms with Crippen molar-refractivity contribution in [2.45, 2.75) is 105 Å². The number of carbonyl (C=O) groups excluding carboxylic acids is 1. The zero-order valence-electron chi connectivity index (χ0n) is 20.1. The summed E-state index contributed by atoms with van der Waals surface area (Å²) in [5.41, 5.74) is 4.89. The van der Waals surface area contributed by atoms with Crippen molar-refractivity contribution < 1.29 is 9.90 Å². The highest BCUT2D eigenvalue weighted by Crippen LogP contribution is 2.62. The van der Waals surface area contributed by atoms with Gasteiger partial charge in [0.25, 0.3) is 0 Å². The summed E-state index contributed by atoms with van der Waals surface area (Å²) in [6.07, 6.45) is 9.58. The second kappa shape index (κ2) is 7.76. The predicted molar refractivity (Wildman–Crippen MR) is 124 cm³/mol. The molecular weight excluding hydrogens is 368 g/mol. The molecule has 0 bridgehead atoms. The minimum atomic E-state index is -1.29. The monoisotopic (exact) mass is 410 g/mol. The molecule has 0 saturated heterocycles. The van der Waals surface area contributed by atoms with E-state index in [2.05, 4.69) is 47.6 Å². The van der Waals surface area contributed by atoms with E-state index in [4.69, 9.17) is 0 Å². The molecule has 1 saturated carbocycles. The number of Topliss-reactive ketones (excluding diaryl/α,β-unsaturated/α-hetero) is 1. The Morgan fingerprint density at radius 2 is 1.77 bits per heavy atom. The van der Waals surface area contributed by atoms with Crippen molar-refractivity contribution in [1.82, 2.24) is 0 Å². The second-order valence-electron chi connectivity index (χ2n) is 11.5. The van der Waals surface area contributed by atoms with E-state index in [1.165, 1.54) is 41.5 Å². The van der Waals surface area contributed by atoms with E-state index in [9.17, 15) is 9.90 Å². The van der Waals surface area contributed by atoms with Gasteiger partial charge < -0.3 is 5.11 Å². The molecule has 0 heterocycles. The van der Waals surface area contributed by atoms with Crippen LogP contribution >= 0.6 is 0 Å². The van der Waals surface area contributed by atoms with Crippen molar-refractivity contribution in [3.63, 3.8) is 0 Å². The largest absolute Gasteiger partial charge is 0.377 e. The minimum absolute atomic E-state index is 0.0786. The lowest BCUT2D eigenvalue weighted by molar-refractivity contribution is -0.149. The fraction of sp³-hybridized carbons (Fsp3) is 0.750. The molecule has 0 aromatic heterocycles. The van der Waals surface area contributed by atoms with E-state index >= 15 is 0 Å². The van der Waals surface area contributed by atoms with Gasteiger partial charge >= 0.3 is 0 Å². The fourth-order valence-corrected chi connectivity index (χ4v) is 7.06. The maximum absolute atomic E-state index is 13.5. The fourth-order valence-electron chi connectivity index (χ4n) is 7.06. The molecule has 1 fully saturated rings.